The molecule has 6 nitrogen and oxygen atoms in total. The Morgan fingerprint density at radius 3 is 2.95 bits per heavy atom. The van der Waals surface area contributed by atoms with Crippen LogP contribution in [-0.2, 0) is 11.2 Å². The second-order valence-electron chi connectivity index (χ2n) is 4.46. The molecule has 4 N–H and O–H groups in total. The number of nitrogens with one attached hydrogen (secondary N) is 1. The van der Waals surface area contributed by atoms with Gasteiger partial charge < -0.3 is 25.6 Å². The molecule has 1 aromatic carbocycles. The smallest absolute Gasteiger partial charge is 0.188 e. The molecule has 0 spiro atoms. The molecule has 0 aliphatic rings. The maximum Gasteiger partial charge on any atom is 0.188 e. The summed E-state index contributed by atoms with van der Waals surface area (Å²) in [4.78, 5) is 4.20. The lowest BCUT2D eigenvalue weighted by atomic mass is 10.1. The third-order valence-electron chi connectivity index (χ3n) is 2.94. The highest BCUT2D eigenvalue weighted by Gasteiger charge is 2.06. The average Bonchev–Trinajstić information content (AvgIpc) is 2.49. The molecule has 6 heteroatoms. The molecule has 118 valence electrons. The van der Waals surface area contributed by atoms with Crippen LogP contribution in [0, 0.1) is 0 Å². The number of nitrogens with two attached hydrogens (primary N) is 1. The van der Waals surface area contributed by atoms with Crippen molar-refractivity contribution in [3.05, 3.63) is 23.8 Å². The minimum atomic E-state index is 0.175. The Balaban J connectivity index is 2.31. The lowest BCUT2D eigenvalue weighted by molar-refractivity contribution is 0.146. The number of rotatable bonds is 9. The van der Waals surface area contributed by atoms with Crippen molar-refractivity contribution >= 4 is 5.96 Å². The van der Waals surface area contributed by atoms with Gasteiger partial charge in [0, 0.05) is 26.3 Å². The largest absolute Gasteiger partial charge is 0.504 e. The van der Waals surface area contributed by atoms with Gasteiger partial charge in [0.1, 0.15) is 0 Å². The van der Waals surface area contributed by atoms with Gasteiger partial charge >= 0.3 is 0 Å². The summed E-state index contributed by atoms with van der Waals surface area (Å²) in [6, 6.07) is 5.43. The molecule has 21 heavy (non-hydrogen) atoms. The van der Waals surface area contributed by atoms with E-state index in [1.54, 1.807) is 6.07 Å². The SMILES string of the molecule is CCOCCCN=C(N)NCCc1cccc(OC)c1O. The molecule has 0 saturated heterocycles. The van der Waals surface area contributed by atoms with Crippen LogP contribution in [-0.4, -0.2) is 44.5 Å². The first-order valence-corrected chi connectivity index (χ1v) is 7.15. The summed E-state index contributed by atoms with van der Waals surface area (Å²) in [5.41, 5.74) is 6.57. The summed E-state index contributed by atoms with van der Waals surface area (Å²) < 4.78 is 10.3. The molecule has 0 radical (unpaired) electrons. The first-order valence-electron chi connectivity index (χ1n) is 7.15. The van der Waals surface area contributed by atoms with Crippen LogP contribution in [0.15, 0.2) is 23.2 Å². The van der Waals surface area contributed by atoms with E-state index in [-0.39, 0.29) is 5.75 Å². The molecule has 0 amide bonds. The number of ether oxygens (including phenoxy) is 2. The lowest BCUT2D eigenvalue weighted by Crippen LogP contribution is -2.33. The van der Waals surface area contributed by atoms with Crippen molar-refractivity contribution in [1.29, 1.82) is 0 Å². The summed E-state index contributed by atoms with van der Waals surface area (Å²) in [7, 11) is 1.53. The van der Waals surface area contributed by atoms with Gasteiger partial charge in [0.2, 0.25) is 0 Å². The number of benzene rings is 1. The number of methoxy groups -OCH3 is 1. The molecule has 1 rings (SSSR count). The Bertz CT molecular complexity index is 450. The second kappa shape index (κ2) is 9.88. The van der Waals surface area contributed by atoms with E-state index in [1.807, 2.05) is 19.1 Å². The first-order chi connectivity index (χ1) is 10.2. The highest BCUT2D eigenvalue weighted by Crippen LogP contribution is 2.29. The van der Waals surface area contributed by atoms with E-state index in [2.05, 4.69) is 10.3 Å². The predicted octanol–water partition coefficient (Wildman–Crippen LogP) is 1.27. The van der Waals surface area contributed by atoms with Crippen molar-refractivity contribution in [2.75, 3.05) is 33.4 Å². The van der Waals surface area contributed by atoms with E-state index in [0.717, 1.165) is 18.6 Å². The molecule has 0 aromatic heterocycles. The zero-order valence-corrected chi connectivity index (χ0v) is 12.8. The topological polar surface area (TPSA) is 89.1 Å². The van der Waals surface area contributed by atoms with Crippen LogP contribution in [0.25, 0.3) is 0 Å². The lowest BCUT2D eigenvalue weighted by Gasteiger charge is -2.09. The fraction of sp³-hybridized carbons (Fsp3) is 0.533. The van der Waals surface area contributed by atoms with Gasteiger partial charge in [0.05, 0.1) is 7.11 Å². The predicted molar refractivity (Wildman–Crippen MR) is 84.0 cm³/mol. The van der Waals surface area contributed by atoms with E-state index in [1.165, 1.54) is 7.11 Å². The normalized spacial score (nSPS) is 11.4. The van der Waals surface area contributed by atoms with E-state index in [4.69, 9.17) is 15.2 Å². The summed E-state index contributed by atoms with van der Waals surface area (Å²) in [6.45, 7) is 4.63. The minimum Gasteiger partial charge on any atom is -0.504 e. The maximum absolute atomic E-state index is 9.95. The van der Waals surface area contributed by atoms with E-state index in [0.29, 0.717) is 37.8 Å². The van der Waals surface area contributed by atoms with Gasteiger partial charge in [0.25, 0.3) is 0 Å². The molecule has 0 bridgehead atoms. The fourth-order valence-corrected chi connectivity index (χ4v) is 1.83. The molecule has 0 fully saturated rings. The van der Waals surface area contributed by atoms with Crippen LogP contribution >= 0.6 is 0 Å². The number of phenolic OH excluding ortho intramolecular Hbond substituents is 1. The zero-order valence-electron chi connectivity index (χ0n) is 12.8. The quantitative estimate of drug-likeness (QED) is 0.363. The summed E-state index contributed by atoms with van der Waals surface area (Å²) >= 11 is 0. The highest BCUT2D eigenvalue weighted by molar-refractivity contribution is 5.77. The number of hydrogen-bond acceptors (Lipinski definition) is 4. The second-order valence-corrected chi connectivity index (χ2v) is 4.46. The molecular formula is C15H25N3O3. The minimum absolute atomic E-state index is 0.175. The Labute approximate surface area is 126 Å². The number of hydrogen-bond donors (Lipinski definition) is 3. The van der Waals surface area contributed by atoms with Gasteiger partial charge in [0.15, 0.2) is 17.5 Å². The van der Waals surface area contributed by atoms with E-state index < -0.39 is 0 Å². The molecular weight excluding hydrogens is 270 g/mol. The maximum atomic E-state index is 9.95. The molecule has 1 aromatic rings. The summed E-state index contributed by atoms with van der Waals surface area (Å²) in [5.74, 6) is 1.06. The molecule has 0 heterocycles. The van der Waals surface area contributed by atoms with Crippen LogP contribution in [0.5, 0.6) is 11.5 Å². The monoisotopic (exact) mass is 295 g/mol. The number of para-hydroxylation sites is 1. The number of aromatic hydroxyl groups is 1. The number of aliphatic imine (C=N–C) groups is 1. The Hall–Kier alpha value is -1.95. The third-order valence-corrected chi connectivity index (χ3v) is 2.94. The van der Waals surface area contributed by atoms with E-state index >= 15 is 0 Å². The number of phenols is 1. The van der Waals surface area contributed by atoms with Crippen molar-refractivity contribution in [3.63, 3.8) is 0 Å². The standard InChI is InChI=1S/C15H25N3O3/c1-3-21-11-5-9-17-15(16)18-10-8-12-6-4-7-13(20-2)14(12)19/h4,6-7,19H,3,5,8-11H2,1-2H3,(H3,16,17,18). The van der Waals surface area contributed by atoms with Gasteiger partial charge in [-0.15, -0.1) is 0 Å². The van der Waals surface area contributed by atoms with Crippen molar-refractivity contribution in [3.8, 4) is 11.5 Å². The van der Waals surface area contributed by atoms with Gasteiger partial charge in [-0.3, -0.25) is 4.99 Å². The molecule has 0 unspecified atom stereocenters. The van der Waals surface area contributed by atoms with Gasteiger partial charge in [-0.2, -0.15) is 0 Å². The van der Waals surface area contributed by atoms with Crippen molar-refractivity contribution in [2.45, 2.75) is 19.8 Å². The molecule has 0 aliphatic heterocycles. The van der Waals surface area contributed by atoms with Gasteiger partial charge in [-0.1, -0.05) is 12.1 Å². The van der Waals surface area contributed by atoms with Crippen molar-refractivity contribution in [1.82, 2.24) is 5.32 Å². The number of guanidine groups is 1. The third kappa shape index (κ3) is 6.35. The van der Waals surface area contributed by atoms with E-state index in [9.17, 15) is 5.11 Å². The van der Waals surface area contributed by atoms with Crippen LogP contribution in [0.1, 0.15) is 18.9 Å². The van der Waals surface area contributed by atoms with Crippen LogP contribution in [0.3, 0.4) is 0 Å². The molecule has 0 aliphatic carbocycles. The number of nitrogens with zero attached hydrogens (tertiary/aromatic N) is 1. The Morgan fingerprint density at radius 1 is 1.43 bits per heavy atom. The average molecular weight is 295 g/mol. The first kappa shape index (κ1) is 17.1. The van der Waals surface area contributed by atoms with Gasteiger partial charge in [-0.05, 0) is 31.4 Å². The van der Waals surface area contributed by atoms with Crippen LogP contribution in [0.4, 0.5) is 0 Å². The fourth-order valence-electron chi connectivity index (χ4n) is 1.83. The van der Waals surface area contributed by atoms with Crippen LogP contribution in [0.2, 0.25) is 0 Å². The summed E-state index contributed by atoms with van der Waals surface area (Å²) in [6.07, 6.45) is 1.49. The van der Waals surface area contributed by atoms with Crippen molar-refractivity contribution in [2.24, 2.45) is 10.7 Å². The van der Waals surface area contributed by atoms with Crippen molar-refractivity contribution < 1.29 is 14.6 Å². The zero-order chi connectivity index (χ0) is 15.5. The Kier molecular flexibility index (Phi) is 8.04. The molecule has 0 saturated carbocycles. The van der Waals surface area contributed by atoms with Gasteiger partial charge in [-0.25, -0.2) is 0 Å². The van der Waals surface area contributed by atoms with Crippen LogP contribution < -0.4 is 15.8 Å². The molecule has 0 atom stereocenters. The Morgan fingerprint density at radius 2 is 2.24 bits per heavy atom. The summed E-state index contributed by atoms with van der Waals surface area (Å²) in [5, 5.41) is 13.0. The highest BCUT2D eigenvalue weighted by atomic mass is 16.5.